The molecule has 35 heavy (non-hydrogen) atoms. The number of hydrogen-bond donors (Lipinski definition) is 0. The fourth-order valence-electron chi connectivity index (χ4n) is 5.96. The fourth-order valence-corrected chi connectivity index (χ4v) is 5.96. The fraction of sp³-hybridized carbons (Fsp3) is 0.464. The predicted molar refractivity (Wildman–Crippen MR) is 132 cm³/mol. The van der Waals surface area contributed by atoms with Gasteiger partial charge in [0.05, 0.1) is 7.11 Å². The Morgan fingerprint density at radius 1 is 0.771 bits per heavy atom. The van der Waals surface area contributed by atoms with Gasteiger partial charge >= 0.3 is 0 Å². The molecular formula is C28H33N3O4. The summed E-state index contributed by atoms with van der Waals surface area (Å²) >= 11 is 0. The van der Waals surface area contributed by atoms with E-state index in [0.29, 0.717) is 49.0 Å². The number of likely N-dealkylation sites (tertiary alicyclic amines) is 1. The van der Waals surface area contributed by atoms with Crippen molar-refractivity contribution in [3.8, 4) is 5.75 Å². The van der Waals surface area contributed by atoms with Gasteiger partial charge in [0.1, 0.15) is 11.8 Å². The SMILES string of the molecule is COc1ccc(C(=O)N2CCN(C(=O)C3CC4CCCCC4N3C(=O)c3ccccc3)CC2)cc1. The zero-order valence-electron chi connectivity index (χ0n) is 20.3. The first-order valence-electron chi connectivity index (χ1n) is 12.7. The van der Waals surface area contributed by atoms with Gasteiger partial charge in [0.2, 0.25) is 5.91 Å². The molecule has 3 fully saturated rings. The number of hydrogen-bond acceptors (Lipinski definition) is 4. The second-order valence-corrected chi connectivity index (χ2v) is 9.79. The molecule has 1 saturated carbocycles. The molecule has 3 aliphatic rings. The molecule has 7 nitrogen and oxygen atoms in total. The summed E-state index contributed by atoms with van der Waals surface area (Å²) in [4.78, 5) is 45.7. The van der Waals surface area contributed by atoms with Crippen LogP contribution in [0.25, 0.3) is 0 Å². The number of ether oxygens (including phenoxy) is 1. The van der Waals surface area contributed by atoms with Gasteiger partial charge in [-0.2, -0.15) is 0 Å². The van der Waals surface area contributed by atoms with E-state index < -0.39 is 6.04 Å². The second kappa shape index (κ2) is 10.1. The molecule has 0 bridgehead atoms. The van der Waals surface area contributed by atoms with Gasteiger partial charge < -0.3 is 19.4 Å². The van der Waals surface area contributed by atoms with Crippen LogP contribution in [0.3, 0.4) is 0 Å². The summed E-state index contributed by atoms with van der Waals surface area (Å²) in [5.41, 5.74) is 1.26. The van der Waals surface area contributed by atoms with E-state index in [2.05, 4.69) is 0 Å². The summed E-state index contributed by atoms with van der Waals surface area (Å²) in [5, 5.41) is 0. The number of methoxy groups -OCH3 is 1. The second-order valence-electron chi connectivity index (χ2n) is 9.79. The first kappa shape index (κ1) is 23.4. The van der Waals surface area contributed by atoms with Crippen LogP contribution in [0.4, 0.5) is 0 Å². The zero-order chi connectivity index (χ0) is 24.4. The summed E-state index contributed by atoms with van der Waals surface area (Å²) in [6.07, 6.45) is 5.07. The van der Waals surface area contributed by atoms with E-state index >= 15 is 0 Å². The van der Waals surface area contributed by atoms with Crippen molar-refractivity contribution in [2.45, 2.75) is 44.2 Å². The number of carbonyl (C=O) groups is 3. The molecule has 5 rings (SSSR count). The van der Waals surface area contributed by atoms with Gasteiger partial charge in [-0.1, -0.05) is 31.0 Å². The molecule has 2 heterocycles. The Bertz CT molecular complexity index is 1060. The molecular weight excluding hydrogens is 442 g/mol. The first-order valence-corrected chi connectivity index (χ1v) is 12.7. The maximum absolute atomic E-state index is 13.7. The summed E-state index contributed by atoms with van der Waals surface area (Å²) in [6, 6.07) is 16.2. The van der Waals surface area contributed by atoms with Gasteiger partial charge in [0.15, 0.2) is 0 Å². The third-order valence-corrected chi connectivity index (χ3v) is 7.84. The van der Waals surface area contributed by atoms with Crippen LogP contribution in [0.5, 0.6) is 5.75 Å². The number of piperazine rings is 1. The van der Waals surface area contributed by atoms with Crippen molar-refractivity contribution in [2.75, 3.05) is 33.3 Å². The van der Waals surface area contributed by atoms with E-state index in [9.17, 15) is 14.4 Å². The van der Waals surface area contributed by atoms with Crippen LogP contribution in [0.15, 0.2) is 54.6 Å². The van der Waals surface area contributed by atoms with Gasteiger partial charge in [-0.15, -0.1) is 0 Å². The Kier molecular flexibility index (Phi) is 6.75. The Hall–Kier alpha value is -3.35. The van der Waals surface area contributed by atoms with Crippen LogP contribution in [0.1, 0.15) is 52.8 Å². The molecule has 2 aromatic rings. The number of benzene rings is 2. The molecule has 7 heteroatoms. The van der Waals surface area contributed by atoms with Gasteiger partial charge in [-0.3, -0.25) is 14.4 Å². The van der Waals surface area contributed by atoms with Crippen LogP contribution in [-0.4, -0.2) is 77.8 Å². The molecule has 0 aromatic heterocycles. The van der Waals surface area contributed by atoms with E-state index in [1.807, 2.05) is 40.1 Å². The Labute approximate surface area is 206 Å². The smallest absolute Gasteiger partial charge is 0.254 e. The molecule has 3 atom stereocenters. The van der Waals surface area contributed by atoms with Crippen LogP contribution < -0.4 is 4.74 Å². The molecule has 2 aliphatic heterocycles. The number of amides is 3. The lowest BCUT2D eigenvalue weighted by Gasteiger charge is -2.38. The van der Waals surface area contributed by atoms with Crippen LogP contribution in [0.2, 0.25) is 0 Å². The van der Waals surface area contributed by atoms with E-state index in [0.717, 1.165) is 25.7 Å². The highest BCUT2D eigenvalue weighted by Gasteiger charge is 2.48. The predicted octanol–water partition coefficient (Wildman–Crippen LogP) is 3.45. The molecule has 0 N–H and O–H groups in total. The van der Waals surface area contributed by atoms with Gasteiger partial charge in [0.25, 0.3) is 11.8 Å². The van der Waals surface area contributed by atoms with E-state index in [1.54, 1.807) is 36.3 Å². The third-order valence-electron chi connectivity index (χ3n) is 7.84. The molecule has 3 amide bonds. The average molecular weight is 476 g/mol. The monoisotopic (exact) mass is 475 g/mol. The lowest BCUT2D eigenvalue weighted by Crippen LogP contribution is -2.56. The van der Waals surface area contributed by atoms with Crippen molar-refractivity contribution in [1.29, 1.82) is 0 Å². The van der Waals surface area contributed by atoms with Crippen molar-refractivity contribution < 1.29 is 19.1 Å². The Morgan fingerprint density at radius 2 is 1.40 bits per heavy atom. The summed E-state index contributed by atoms with van der Waals surface area (Å²) < 4.78 is 5.18. The molecule has 2 saturated heterocycles. The average Bonchev–Trinajstić information content (AvgIpc) is 3.32. The van der Waals surface area contributed by atoms with E-state index in [1.165, 1.54) is 6.42 Å². The number of carbonyl (C=O) groups excluding carboxylic acids is 3. The maximum atomic E-state index is 13.7. The zero-order valence-corrected chi connectivity index (χ0v) is 20.3. The number of nitrogens with zero attached hydrogens (tertiary/aromatic N) is 3. The van der Waals surface area contributed by atoms with Gasteiger partial charge in [-0.25, -0.2) is 0 Å². The van der Waals surface area contributed by atoms with Crippen molar-refractivity contribution in [1.82, 2.24) is 14.7 Å². The molecule has 0 radical (unpaired) electrons. The van der Waals surface area contributed by atoms with Crippen molar-refractivity contribution in [3.05, 3.63) is 65.7 Å². The molecule has 0 spiro atoms. The van der Waals surface area contributed by atoms with Crippen LogP contribution in [-0.2, 0) is 4.79 Å². The standard InChI is InChI=1S/C28H33N3O4/c1-35-23-13-11-21(12-14-23)26(32)29-15-17-30(18-16-29)28(34)25-19-22-9-5-6-10-24(22)31(25)27(33)20-7-3-2-4-8-20/h2-4,7-8,11-14,22,24-25H,5-6,9-10,15-19H2,1H3. The molecule has 1 aliphatic carbocycles. The minimum absolute atomic E-state index is 0.0280. The highest BCUT2D eigenvalue weighted by molar-refractivity contribution is 5.98. The largest absolute Gasteiger partial charge is 0.497 e. The summed E-state index contributed by atoms with van der Waals surface area (Å²) in [7, 11) is 1.60. The first-order chi connectivity index (χ1) is 17.1. The van der Waals surface area contributed by atoms with Crippen LogP contribution >= 0.6 is 0 Å². The highest BCUT2D eigenvalue weighted by Crippen LogP contribution is 2.41. The topological polar surface area (TPSA) is 70.2 Å². The molecule has 2 aromatic carbocycles. The molecule has 3 unspecified atom stereocenters. The summed E-state index contributed by atoms with van der Waals surface area (Å²) in [6.45, 7) is 1.95. The Balaban J connectivity index is 1.27. The van der Waals surface area contributed by atoms with Crippen molar-refractivity contribution in [3.63, 3.8) is 0 Å². The quantitative estimate of drug-likeness (QED) is 0.679. The third kappa shape index (κ3) is 4.64. The van der Waals surface area contributed by atoms with Crippen molar-refractivity contribution >= 4 is 17.7 Å². The van der Waals surface area contributed by atoms with Crippen molar-refractivity contribution in [2.24, 2.45) is 5.92 Å². The Morgan fingerprint density at radius 3 is 2.09 bits per heavy atom. The maximum Gasteiger partial charge on any atom is 0.254 e. The minimum Gasteiger partial charge on any atom is -0.497 e. The van der Waals surface area contributed by atoms with Gasteiger partial charge in [-0.05, 0) is 61.6 Å². The molecule has 184 valence electrons. The highest BCUT2D eigenvalue weighted by atomic mass is 16.5. The lowest BCUT2D eigenvalue weighted by atomic mass is 9.84. The van der Waals surface area contributed by atoms with Gasteiger partial charge in [0, 0.05) is 43.3 Å². The summed E-state index contributed by atoms with van der Waals surface area (Å²) in [5.74, 6) is 1.06. The normalized spacial score (nSPS) is 24.1. The van der Waals surface area contributed by atoms with Crippen LogP contribution in [0, 0.1) is 5.92 Å². The number of rotatable bonds is 4. The minimum atomic E-state index is -0.417. The van der Waals surface area contributed by atoms with E-state index in [4.69, 9.17) is 4.74 Å². The number of fused-ring (bicyclic) bond motifs is 1. The van der Waals surface area contributed by atoms with E-state index in [-0.39, 0.29) is 23.8 Å². The lowest BCUT2D eigenvalue weighted by molar-refractivity contribution is -0.137.